The highest BCUT2D eigenvalue weighted by atomic mass is 32.1. The van der Waals surface area contributed by atoms with Gasteiger partial charge >= 0.3 is 0 Å². The van der Waals surface area contributed by atoms with Gasteiger partial charge in [0.2, 0.25) is 0 Å². The fourth-order valence-electron chi connectivity index (χ4n) is 3.41. The monoisotopic (exact) mass is 386 g/mol. The zero-order chi connectivity index (χ0) is 19.1. The number of nitrogens with zero attached hydrogens (tertiary/aromatic N) is 2. The Morgan fingerprint density at radius 2 is 2.11 bits per heavy atom. The Bertz CT molecular complexity index is 737. The molecule has 0 saturated carbocycles. The Balaban J connectivity index is 1.47. The van der Waals surface area contributed by atoms with E-state index in [9.17, 15) is 0 Å². The van der Waals surface area contributed by atoms with Crippen molar-refractivity contribution in [2.45, 2.75) is 39.3 Å². The van der Waals surface area contributed by atoms with E-state index in [0.29, 0.717) is 12.6 Å². The molecular weight excluding hydrogens is 356 g/mol. The van der Waals surface area contributed by atoms with E-state index in [1.165, 1.54) is 16.1 Å². The number of hydrogen-bond donors (Lipinski definition) is 2. The third-order valence-electron chi connectivity index (χ3n) is 4.88. The van der Waals surface area contributed by atoms with Gasteiger partial charge in [-0.2, -0.15) is 0 Å². The Labute approximate surface area is 166 Å². The maximum Gasteiger partial charge on any atom is 0.191 e. The van der Waals surface area contributed by atoms with E-state index in [1.807, 2.05) is 31.4 Å². The first-order chi connectivity index (χ1) is 13.2. The quantitative estimate of drug-likeness (QED) is 0.586. The average molecular weight is 387 g/mol. The molecule has 1 saturated heterocycles. The zero-order valence-corrected chi connectivity index (χ0v) is 17.3. The van der Waals surface area contributed by atoms with Crippen LogP contribution in [0.15, 0.2) is 40.7 Å². The summed E-state index contributed by atoms with van der Waals surface area (Å²) in [4.78, 5) is 6.87. The van der Waals surface area contributed by atoms with Crippen LogP contribution < -0.4 is 20.3 Å². The zero-order valence-electron chi connectivity index (χ0n) is 16.5. The maximum atomic E-state index is 5.61. The summed E-state index contributed by atoms with van der Waals surface area (Å²) in [5, 5.41) is 10.5. The van der Waals surface area contributed by atoms with Crippen LogP contribution in [0.2, 0.25) is 0 Å². The third kappa shape index (κ3) is 5.39. The molecule has 0 radical (unpaired) electrons. The molecule has 146 valence electrons. The van der Waals surface area contributed by atoms with E-state index >= 15 is 0 Å². The van der Waals surface area contributed by atoms with Crippen molar-refractivity contribution < 1.29 is 4.74 Å². The normalized spacial score (nSPS) is 15.7. The number of nitrogens with one attached hydrogen (secondary N) is 2. The molecule has 1 aromatic carbocycles. The minimum Gasteiger partial charge on any atom is -0.494 e. The molecule has 0 atom stereocenters. The lowest BCUT2D eigenvalue weighted by Gasteiger charge is -2.33. The van der Waals surface area contributed by atoms with Gasteiger partial charge in [0, 0.05) is 32.7 Å². The summed E-state index contributed by atoms with van der Waals surface area (Å²) in [5.74, 6) is 1.83. The number of benzene rings is 1. The average Bonchev–Trinajstić information content (AvgIpc) is 3.22. The van der Waals surface area contributed by atoms with E-state index in [-0.39, 0.29) is 0 Å². The summed E-state index contributed by atoms with van der Waals surface area (Å²) in [6.45, 7) is 7.72. The van der Waals surface area contributed by atoms with Gasteiger partial charge in [-0.05, 0) is 61.4 Å². The van der Waals surface area contributed by atoms with Crippen LogP contribution in [0, 0.1) is 6.92 Å². The number of anilines is 1. The predicted octanol–water partition coefficient (Wildman–Crippen LogP) is 3.79. The molecule has 0 spiro atoms. The maximum absolute atomic E-state index is 5.61. The van der Waals surface area contributed by atoms with Crippen LogP contribution in [0.4, 0.5) is 5.00 Å². The fourth-order valence-corrected chi connectivity index (χ4v) is 4.19. The second kappa shape index (κ2) is 9.65. The molecular formula is C21H30N4OS. The number of ether oxygens (including phenoxy) is 1. The van der Waals surface area contributed by atoms with Gasteiger partial charge in [-0.3, -0.25) is 4.99 Å². The largest absolute Gasteiger partial charge is 0.494 e. The lowest BCUT2D eigenvalue weighted by Crippen LogP contribution is -2.48. The molecule has 0 aliphatic carbocycles. The first-order valence-electron chi connectivity index (χ1n) is 9.67. The molecule has 0 bridgehead atoms. The number of guanidine groups is 1. The second-order valence-corrected chi connectivity index (χ2v) is 7.74. The number of piperidine rings is 1. The van der Waals surface area contributed by atoms with E-state index < -0.39 is 0 Å². The predicted molar refractivity (Wildman–Crippen MR) is 115 cm³/mol. The molecule has 1 aromatic heterocycles. The summed E-state index contributed by atoms with van der Waals surface area (Å²) >= 11 is 1.82. The molecule has 0 amide bonds. The summed E-state index contributed by atoms with van der Waals surface area (Å²) in [6, 6.07) is 11.1. The molecule has 1 fully saturated rings. The molecule has 6 heteroatoms. The first kappa shape index (κ1) is 19.5. The number of aryl methyl sites for hydroxylation is 1. The minimum absolute atomic E-state index is 0.467. The van der Waals surface area contributed by atoms with Crippen LogP contribution in [0.3, 0.4) is 0 Å². The van der Waals surface area contributed by atoms with E-state index in [2.05, 4.69) is 57.1 Å². The van der Waals surface area contributed by atoms with Crippen molar-refractivity contribution in [3.8, 4) is 5.75 Å². The molecule has 2 aromatic rings. The third-order valence-corrected chi connectivity index (χ3v) is 5.81. The summed E-state index contributed by atoms with van der Waals surface area (Å²) in [5.41, 5.74) is 2.39. The van der Waals surface area contributed by atoms with Gasteiger partial charge in [-0.25, -0.2) is 0 Å². The number of rotatable bonds is 6. The highest BCUT2D eigenvalue weighted by Gasteiger charge is 2.20. The number of thiophene rings is 1. The molecule has 0 unspecified atom stereocenters. The summed E-state index contributed by atoms with van der Waals surface area (Å²) in [6.07, 6.45) is 2.25. The first-order valence-corrected chi connectivity index (χ1v) is 10.6. The second-order valence-electron chi connectivity index (χ2n) is 6.82. The van der Waals surface area contributed by atoms with Gasteiger partial charge in [0.05, 0.1) is 11.6 Å². The molecule has 1 aliphatic rings. The van der Waals surface area contributed by atoms with Crippen LogP contribution in [-0.2, 0) is 6.54 Å². The molecule has 2 N–H and O–H groups in total. The van der Waals surface area contributed by atoms with E-state index in [1.54, 1.807) is 0 Å². The summed E-state index contributed by atoms with van der Waals surface area (Å²) in [7, 11) is 1.83. The van der Waals surface area contributed by atoms with Crippen molar-refractivity contribution in [3.05, 3.63) is 46.8 Å². The van der Waals surface area contributed by atoms with Crippen molar-refractivity contribution in [3.63, 3.8) is 0 Å². The Morgan fingerprint density at radius 3 is 2.74 bits per heavy atom. The molecule has 3 rings (SSSR count). The lowest BCUT2D eigenvalue weighted by molar-refractivity contribution is 0.338. The SMILES string of the molecule is CCOc1ccc(CNC(=NC)NC2CCN(c3cccs3)CC2)cc1C. The van der Waals surface area contributed by atoms with Crippen molar-refractivity contribution in [1.82, 2.24) is 10.6 Å². The highest BCUT2D eigenvalue weighted by Crippen LogP contribution is 2.24. The highest BCUT2D eigenvalue weighted by molar-refractivity contribution is 7.14. The Kier molecular flexibility index (Phi) is 6.98. The van der Waals surface area contributed by atoms with Crippen LogP contribution >= 0.6 is 11.3 Å². The van der Waals surface area contributed by atoms with Gasteiger partial charge in [-0.1, -0.05) is 12.1 Å². The van der Waals surface area contributed by atoms with E-state index in [4.69, 9.17) is 4.74 Å². The van der Waals surface area contributed by atoms with Crippen LogP contribution in [-0.4, -0.2) is 38.7 Å². The Hall–Kier alpha value is -2.21. The van der Waals surface area contributed by atoms with Crippen molar-refractivity contribution in [2.75, 3.05) is 31.6 Å². The number of aliphatic imine (C=N–C) groups is 1. The van der Waals surface area contributed by atoms with Gasteiger partial charge in [0.15, 0.2) is 5.96 Å². The van der Waals surface area contributed by atoms with Gasteiger partial charge < -0.3 is 20.3 Å². The van der Waals surface area contributed by atoms with E-state index in [0.717, 1.165) is 44.2 Å². The van der Waals surface area contributed by atoms with Crippen molar-refractivity contribution in [2.24, 2.45) is 4.99 Å². The van der Waals surface area contributed by atoms with Gasteiger partial charge in [0.25, 0.3) is 0 Å². The van der Waals surface area contributed by atoms with Crippen LogP contribution in [0.5, 0.6) is 5.75 Å². The molecule has 2 heterocycles. The van der Waals surface area contributed by atoms with Crippen molar-refractivity contribution in [1.29, 1.82) is 0 Å². The molecule has 1 aliphatic heterocycles. The molecule has 27 heavy (non-hydrogen) atoms. The van der Waals surface area contributed by atoms with Gasteiger partial charge in [0.1, 0.15) is 5.75 Å². The van der Waals surface area contributed by atoms with Crippen LogP contribution in [0.25, 0.3) is 0 Å². The fraction of sp³-hybridized carbons (Fsp3) is 0.476. The number of hydrogen-bond acceptors (Lipinski definition) is 4. The smallest absolute Gasteiger partial charge is 0.191 e. The lowest BCUT2D eigenvalue weighted by atomic mass is 10.1. The van der Waals surface area contributed by atoms with Gasteiger partial charge in [-0.15, -0.1) is 11.3 Å². The topological polar surface area (TPSA) is 48.9 Å². The Morgan fingerprint density at radius 1 is 1.30 bits per heavy atom. The molecule has 5 nitrogen and oxygen atoms in total. The van der Waals surface area contributed by atoms with Crippen LogP contribution in [0.1, 0.15) is 30.9 Å². The minimum atomic E-state index is 0.467. The van der Waals surface area contributed by atoms with Crippen molar-refractivity contribution >= 4 is 22.3 Å². The standard InChI is InChI=1S/C21H30N4OS/c1-4-26-19-8-7-17(14-16(19)2)15-23-21(22-3)24-18-9-11-25(12-10-18)20-6-5-13-27-20/h5-8,13-14,18H,4,9-12,15H2,1-3H3,(H2,22,23,24). The summed E-state index contributed by atoms with van der Waals surface area (Å²) < 4.78 is 5.61.